The Labute approximate surface area is 120 Å². The standard InChI is InChI=1S/C15H24N2OS/c1-4-5-14-8-13(10-18)9-15(16-14)17-6-7-19-12(3)11(17)2/h8-9,11-12,18H,4-7,10H2,1-3H3. The highest BCUT2D eigenvalue weighted by Crippen LogP contribution is 2.28. The summed E-state index contributed by atoms with van der Waals surface area (Å²) >= 11 is 2.03. The predicted molar refractivity (Wildman–Crippen MR) is 82.9 cm³/mol. The van der Waals surface area contributed by atoms with Gasteiger partial charge in [-0.1, -0.05) is 20.3 Å². The van der Waals surface area contributed by atoms with Gasteiger partial charge < -0.3 is 10.0 Å². The molecule has 2 heterocycles. The maximum atomic E-state index is 9.42. The quantitative estimate of drug-likeness (QED) is 0.920. The topological polar surface area (TPSA) is 36.4 Å². The van der Waals surface area contributed by atoms with E-state index in [1.807, 2.05) is 23.9 Å². The molecule has 1 aromatic rings. The minimum Gasteiger partial charge on any atom is -0.392 e. The van der Waals surface area contributed by atoms with E-state index in [0.29, 0.717) is 11.3 Å². The molecule has 2 rings (SSSR count). The Morgan fingerprint density at radius 3 is 2.89 bits per heavy atom. The molecule has 2 unspecified atom stereocenters. The van der Waals surface area contributed by atoms with Crippen LogP contribution >= 0.6 is 11.8 Å². The minimum atomic E-state index is 0.0960. The number of rotatable bonds is 4. The highest BCUT2D eigenvalue weighted by atomic mass is 32.2. The molecule has 1 aliphatic rings. The Bertz CT molecular complexity index is 425. The number of pyridine rings is 1. The molecule has 2 atom stereocenters. The maximum Gasteiger partial charge on any atom is 0.129 e. The van der Waals surface area contributed by atoms with Crippen molar-refractivity contribution in [3.8, 4) is 0 Å². The number of aliphatic hydroxyl groups is 1. The summed E-state index contributed by atoms with van der Waals surface area (Å²) in [5.41, 5.74) is 2.08. The summed E-state index contributed by atoms with van der Waals surface area (Å²) in [6, 6.07) is 4.56. The van der Waals surface area contributed by atoms with E-state index >= 15 is 0 Å². The summed E-state index contributed by atoms with van der Waals surface area (Å²) in [4.78, 5) is 7.17. The van der Waals surface area contributed by atoms with Gasteiger partial charge in [-0.15, -0.1) is 0 Å². The zero-order valence-corrected chi connectivity index (χ0v) is 12.9. The number of anilines is 1. The molecule has 0 spiro atoms. The molecule has 3 nitrogen and oxygen atoms in total. The summed E-state index contributed by atoms with van der Waals surface area (Å²) in [5.74, 6) is 2.19. The Hall–Kier alpha value is -0.740. The first-order chi connectivity index (χ1) is 9.15. The molecular formula is C15H24N2OS. The zero-order valence-electron chi connectivity index (χ0n) is 12.1. The van der Waals surface area contributed by atoms with Crippen molar-refractivity contribution < 1.29 is 5.11 Å². The van der Waals surface area contributed by atoms with Crippen molar-refractivity contribution in [1.29, 1.82) is 0 Å². The first-order valence-corrected chi connectivity index (χ1v) is 8.19. The fourth-order valence-electron chi connectivity index (χ4n) is 2.51. The molecular weight excluding hydrogens is 256 g/mol. The molecule has 0 radical (unpaired) electrons. The van der Waals surface area contributed by atoms with Crippen molar-refractivity contribution in [1.82, 2.24) is 4.98 Å². The SMILES string of the molecule is CCCc1cc(CO)cc(N2CCSC(C)C2C)n1. The summed E-state index contributed by atoms with van der Waals surface area (Å²) in [5, 5.41) is 10.0. The lowest BCUT2D eigenvalue weighted by Crippen LogP contribution is -2.45. The first kappa shape index (κ1) is 14.7. The normalized spacial score (nSPS) is 23.7. The molecule has 1 aliphatic heterocycles. The molecule has 0 amide bonds. The number of nitrogens with zero attached hydrogens (tertiary/aromatic N) is 2. The van der Waals surface area contributed by atoms with Crippen molar-refractivity contribution in [2.24, 2.45) is 0 Å². The zero-order chi connectivity index (χ0) is 13.8. The van der Waals surface area contributed by atoms with Gasteiger partial charge in [0.25, 0.3) is 0 Å². The summed E-state index contributed by atoms with van der Waals surface area (Å²) < 4.78 is 0. The third-order valence-electron chi connectivity index (χ3n) is 3.79. The number of aryl methyl sites for hydroxylation is 1. The first-order valence-electron chi connectivity index (χ1n) is 7.14. The van der Waals surface area contributed by atoms with Crippen LogP contribution in [0.1, 0.15) is 38.4 Å². The molecule has 0 aliphatic carbocycles. The van der Waals surface area contributed by atoms with Crippen LogP contribution in [0.3, 0.4) is 0 Å². The average molecular weight is 280 g/mol. The van der Waals surface area contributed by atoms with E-state index in [2.05, 4.69) is 25.7 Å². The molecule has 0 bridgehead atoms. The Kier molecular flexibility index (Phi) is 5.11. The lowest BCUT2D eigenvalue weighted by molar-refractivity contribution is 0.281. The molecule has 106 valence electrons. The van der Waals surface area contributed by atoms with E-state index < -0.39 is 0 Å². The van der Waals surface area contributed by atoms with E-state index in [1.165, 1.54) is 0 Å². The van der Waals surface area contributed by atoms with Crippen molar-refractivity contribution in [3.05, 3.63) is 23.4 Å². The predicted octanol–water partition coefficient (Wildman–Crippen LogP) is 2.86. The summed E-state index contributed by atoms with van der Waals surface area (Å²) in [7, 11) is 0. The summed E-state index contributed by atoms with van der Waals surface area (Å²) in [6.45, 7) is 7.85. The molecule has 1 N–H and O–H groups in total. The van der Waals surface area contributed by atoms with Crippen LogP contribution in [0.15, 0.2) is 12.1 Å². The number of aromatic nitrogens is 1. The molecule has 1 aromatic heterocycles. The third-order valence-corrected chi connectivity index (χ3v) is 5.13. The van der Waals surface area contributed by atoms with Gasteiger partial charge in [-0.3, -0.25) is 0 Å². The fourth-order valence-corrected chi connectivity index (χ4v) is 3.61. The number of hydrogen-bond donors (Lipinski definition) is 1. The largest absolute Gasteiger partial charge is 0.392 e. The van der Waals surface area contributed by atoms with E-state index in [-0.39, 0.29) is 6.61 Å². The molecule has 4 heteroatoms. The van der Waals surface area contributed by atoms with Crippen LogP contribution in [0.2, 0.25) is 0 Å². The van der Waals surface area contributed by atoms with Crippen LogP contribution in [0.4, 0.5) is 5.82 Å². The van der Waals surface area contributed by atoms with Gasteiger partial charge >= 0.3 is 0 Å². The minimum absolute atomic E-state index is 0.0960. The van der Waals surface area contributed by atoms with Crippen molar-refractivity contribution in [3.63, 3.8) is 0 Å². The third kappa shape index (κ3) is 3.42. The molecule has 0 aromatic carbocycles. The molecule has 19 heavy (non-hydrogen) atoms. The van der Waals surface area contributed by atoms with Gasteiger partial charge in [0, 0.05) is 29.3 Å². The van der Waals surface area contributed by atoms with Gasteiger partial charge in [0.1, 0.15) is 5.82 Å². The fraction of sp³-hybridized carbons (Fsp3) is 0.667. The van der Waals surface area contributed by atoms with Gasteiger partial charge in [0.15, 0.2) is 0 Å². The highest BCUT2D eigenvalue weighted by molar-refractivity contribution is 8.00. The van der Waals surface area contributed by atoms with Gasteiger partial charge in [-0.05, 0) is 31.0 Å². The Morgan fingerprint density at radius 1 is 1.42 bits per heavy atom. The molecule has 1 saturated heterocycles. The van der Waals surface area contributed by atoms with Crippen molar-refractivity contribution >= 4 is 17.6 Å². The lowest BCUT2D eigenvalue weighted by Gasteiger charge is -2.38. The number of thioether (sulfide) groups is 1. The van der Waals surface area contributed by atoms with E-state index in [4.69, 9.17) is 4.98 Å². The van der Waals surface area contributed by atoms with E-state index in [0.717, 1.165) is 42.2 Å². The second-order valence-corrected chi connectivity index (χ2v) is 6.73. The van der Waals surface area contributed by atoms with Crippen LogP contribution < -0.4 is 4.90 Å². The monoisotopic (exact) mass is 280 g/mol. The van der Waals surface area contributed by atoms with Crippen LogP contribution in [0.25, 0.3) is 0 Å². The van der Waals surface area contributed by atoms with Gasteiger partial charge in [-0.25, -0.2) is 4.98 Å². The van der Waals surface area contributed by atoms with Gasteiger partial charge in [-0.2, -0.15) is 11.8 Å². The second kappa shape index (κ2) is 6.62. The average Bonchev–Trinajstić information content (AvgIpc) is 2.42. The van der Waals surface area contributed by atoms with Crippen LogP contribution in [-0.2, 0) is 13.0 Å². The molecule has 0 saturated carbocycles. The second-order valence-electron chi connectivity index (χ2n) is 5.24. The maximum absolute atomic E-state index is 9.42. The van der Waals surface area contributed by atoms with Crippen molar-refractivity contribution in [2.45, 2.75) is 51.5 Å². The molecule has 1 fully saturated rings. The number of hydrogen-bond acceptors (Lipinski definition) is 4. The number of aliphatic hydroxyl groups excluding tert-OH is 1. The Balaban J connectivity index is 2.29. The van der Waals surface area contributed by atoms with E-state index in [1.54, 1.807) is 0 Å². The van der Waals surface area contributed by atoms with Gasteiger partial charge in [0.05, 0.1) is 6.61 Å². The van der Waals surface area contributed by atoms with Crippen molar-refractivity contribution in [2.75, 3.05) is 17.2 Å². The Morgan fingerprint density at radius 2 is 2.21 bits per heavy atom. The van der Waals surface area contributed by atoms with E-state index in [9.17, 15) is 5.11 Å². The van der Waals surface area contributed by atoms with Crippen LogP contribution in [0, 0.1) is 0 Å². The summed E-state index contributed by atoms with van der Waals surface area (Å²) in [6.07, 6.45) is 2.07. The highest BCUT2D eigenvalue weighted by Gasteiger charge is 2.26. The lowest BCUT2D eigenvalue weighted by atomic mass is 10.1. The van der Waals surface area contributed by atoms with Gasteiger partial charge in [0.2, 0.25) is 0 Å². The van der Waals surface area contributed by atoms with Crippen LogP contribution in [0.5, 0.6) is 0 Å². The smallest absolute Gasteiger partial charge is 0.129 e. The van der Waals surface area contributed by atoms with Crippen LogP contribution in [-0.4, -0.2) is 33.7 Å².